The van der Waals surface area contributed by atoms with E-state index in [-0.39, 0.29) is 6.04 Å². The number of likely N-dealkylation sites (N-methyl/N-ethyl adjacent to an activating group) is 1. The topological polar surface area (TPSA) is 50.4 Å². The number of nitriles is 1. The fourth-order valence-electron chi connectivity index (χ4n) is 8.04. The summed E-state index contributed by atoms with van der Waals surface area (Å²) in [6.45, 7) is 1.17. The van der Waals surface area contributed by atoms with Gasteiger partial charge in [0.2, 0.25) is 0 Å². The van der Waals surface area contributed by atoms with Crippen molar-refractivity contribution >= 4 is 10.9 Å². The molecule has 5 aromatic rings. The lowest BCUT2D eigenvalue weighted by Gasteiger charge is -2.32. The molecule has 3 aliphatic rings. The van der Waals surface area contributed by atoms with Crippen LogP contribution in [0.5, 0.6) is 17.2 Å². The monoisotopic (exact) mass is 607 g/mol. The molecule has 46 heavy (non-hydrogen) atoms. The summed E-state index contributed by atoms with van der Waals surface area (Å²) in [5, 5.41) is 10.6. The van der Waals surface area contributed by atoms with Crippen LogP contribution in [0.15, 0.2) is 91.1 Å². The average Bonchev–Trinajstić information content (AvgIpc) is 3.66. The Balaban J connectivity index is 1.27. The Bertz CT molecular complexity index is 1910. The number of aromatic nitrogens is 1. The Labute approximate surface area is 272 Å². The number of benzene rings is 4. The van der Waals surface area contributed by atoms with E-state index in [0.29, 0.717) is 17.7 Å². The van der Waals surface area contributed by atoms with Gasteiger partial charge in [-0.2, -0.15) is 5.26 Å². The van der Waals surface area contributed by atoms with Gasteiger partial charge in [0.25, 0.3) is 0 Å². The van der Waals surface area contributed by atoms with Crippen molar-refractivity contribution in [1.29, 1.82) is 5.26 Å². The number of fused-ring (bicyclic) bond motifs is 3. The number of para-hydroxylation sites is 1. The lowest BCUT2D eigenvalue weighted by Crippen LogP contribution is -2.26. The molecule has 0 radical (unpaired) electrons. The molecule has 2 fully saturated rings. The normalized spacial score (nSPS) is 19.7. The lowest BCUT2D eigenvalue weighted by molar-refractivity contribution is 0.155. The van der Waals surface area contributed by atoms with Gasteiger partial charge in [-0.1, -0.05) is 48.9 Å². The van der Waals surface area contributed by atoms with Gasteiger partial charge in [0.15, 0.2) is 0 Å². The maximum atomic E-state index is 9.34. The molecular weight excluding hydrogens is 566 g/mol. The van der Waals surface area contributed by atoms with Gasteiger partial charge in [0.05, 0.1) is 23.8 Å². The number of hydrogen-bond acceptors (Lipinski definition) is 4. The van der Waals surface area contributed by atoms with Gasteiger partial charge >= 0.3 is 0 Å². The molecular formula is C41H41N3O2. The van der Waals surface area contributed by atoms with E-state index >= 15 is 0 Å². The van der Waals surface area contributed by atoms with E-state index in [1.165, 1.54) is 77.4 Å². The Morgan fingerprint density at radius 3 is 2.48 bits per heavy atom. The third kappa shape index (κ3) is 5.46. The van der Waals surface area contributed by atoms with Gasteiger partial charge in [-0.25, -0.2) is 0 Å². The summed E-state index contributed by atoms with van der Waals surface area (Å²) < 4.78 is 15.7. The van der Waals surface area contributed by atoms with Gasteiger partial charge in [-0.15, -0.1) is 0 Å². The molecule has 1 aromatic heterocycles. The van der Waals surface area contributed by atoms with Crippen molar-refractivity contribution in [3.05, 3.63) is 125 Å². The van der Waals surface area contributed by atoms with Crippen LogP contribution in [0.3, 0.4) is 0 Å². The van der Waals surface area contributed by atoms with Crippen LogP contribution < -0.4 is 9.47 Å². The molecule has 0 N–H and O–H groups in total. The summed E-state index contributed by atoms with van der Waals surface area (Å²) in [5.41, 5.74) is 8.08. The van der Waals surface area contributed by atoms with Crippen molar-refractivity contribution in [2.45, 2.75) is 76.0 Å². The molecule has 0 amide bonds. The fourth-order valence-corrected chi connectivity index (χ4v) is 8.04. The van der Waals surface area contributed by atoms with Crippen LogP contribution >= 0.6 is 0 Å². The summed E-state index contributed by atoms with van der Waals surface area (Å²) in [6.07, 6.45) is 13.2. The zero-order valence-electron chi connectivity index (χ0n) is 26.6. The number of likely N-dealkylation sites (tertiary alicyclic amines) is 1. The third-order valence-electron chi connectivity index (χ3n) is 10.5. The molecule has 2 atom stereocenters. The first-order chi connectivity index (χ1) is 22.6. The van der Waals surface area contributed by atoms with Crippen molar-refractivity contribution in [3.8, 4) is 23.3 Å². The van der Waals surface area contributed by atoms with E-state index in [2.05, 4.69) is 102 Å². The molecule has 1 aliphatic carbocycles. The minimum Gasteiger partial charge on any atom is -0.490 e. The largest absolute Gasteiger partial charge is 0.490 e. The first kappa shape index (κ1) is 28.9. The molecule has 5 nitrogen and oxygen atoms in total. The summed E-state index contributed by atoms with van der Waals surface area (Å²) in [7, 11) is 2.27. The van der Waals surface area contributed by atoms with Gasteiger partial charge in [0, 0.05) is 34.3 Å². The van der Waals surface area contributed by atoms with E-state index < -0.39 is 0 Å². The standard InChI is InChI=1S/C41H41N3O2/c1-43-22-8-10-32(43)24-31-27-44(37-21-20-34(25-36(31)37)45-33-11-3-2-4-12-33)41-35-13-5-6-14-38(35)46-39-15-7-9-30(40(39)41)23-28-16-18-29(26-42)19-17-28/h5-7,9,13-21,25,27,32-33,41H,2-4,8,10-12,22-24H2,1H3/t32?,41-/m0/s1. The van der Waals surface area contributed by atoms with Gasteiger partial charge in [0.1, 0.15) is 17.2 Å². The maximum absolute atomic E-state index is 9.34. The summed E-state index contributed by atoms with van der Waals surface area (Å²) in [5.74, 6) is 2.81. The smallest absolute Gasteiger partial charge is 0.133 e. The van der Waals surface area contributed by atoms with Crippen LogP contribution in [0.2, 0.25) is 0 Å². The maximum Gasteiger partial charge on any atom is 0.133 e. The molecule has 232 valence electrons. The highest BCUT2D eigenvalue weighted by molar-refractivity contribution is 5.86. The van der Waals surface area contributed by atoms with Crippen LogP contribution in [0.1, 0.15) is 84.4 Å². The first-order valence-electron chi connectivity index (χ1n) is 17.0. The third-order valence-corrected chi connectivity index (χ3v) is 10.5. The molecule has 1 unspecified atom stereocenters. The number of rotatable bonds is 7. The Kier molecular flexibility index (Phi) is 7.76. The molecule has 0 spiro atoms. The molecule has 0 bridgehead atoms. The zero-order valence-corrected chi connectivity index (χ0v) is 26.6. The van der Waals surface area contributed by atoms with Crippen LogP contribution in [0, 0.1) is 11.3 Å². The highest BCUT2D eigenvalue weighted by Crippen LogP contribution is 2.48. The van der Waals surface area contributed by atoms with E-state index in [0.717, 1.165) is 42.9 Å². The molecule has 1 saturated carbocycles. The average molecular weight is 608 g/mol. The highest BCUT2D eigenvalue weighted by Gasteiger charge is 2.33. The number of hydrogen-bond donors (Lipinski definition) is 0. The second kappa shape index (κ2) is 12.3. The van der Waals surface area contributed by atoms with E-state index in [1.54, 1.807) is 0 Å². The van der Waals surface area contributed by atoms with Crippen molar-refractivity contribution in [1.82, 2.24) is 9.47 Å². The molecule has 5 heteroatoms. The Morgan fingerprint density at radius 1 is 0.848 bits per heavy atom. The van der Waals surface area contributed by atoms with Gasteiger partial charge in [-0.3, -0.25) is 0 Å². The lowest BCUT2D eigenvalue weighted by atomic mass is 9.88. The van der Waals surface area contributed by atoms with Crippen LogP contribution in [-0.4, -0.2) is 35.2 Å². The van der Waals surface area contributed by atoms with Gasteiger partial charge in [-0.05, 0) is 124 Å². The fraction of sp³-hybridized carbons (Fsp3) is 0.341. The zero-order chi connectivity index (χ0) is 31.0. The predicted molar refractivity (Wildman–Crippen MR) is 183 cm³/mol. The molecule has 8 rings (SSSR count). The van der Waals surface area contributed by atoms with Crippen molar-refractivity contribution in [2.75, 3.05) is 13.6 Å². The minimum absolute atomic E-state index is 0.0443. The molecule has 3 heterocycles. The Morgan fingerprint density at radius 2 is 1.67 bits per heavy atom. The van der Waals surface area contributed by atoms with Crippen LogP contribution in [0.25, 0.3) is 10.9 Å². The Hall–Kier alpha value is -4.53. The SMILES string of the molecule is CN1CCCC1Cc1cn([C@H]2c3ccccc3Oc3cccc(Cc4ccc(C#N)cc4)c32)c2ccc(OC3CCCCC3)cc12. The van der Waals surface area contributed by atoms with Crippen LogP contribution in [-0.2, 0) is 12.8 Å². The summed E-state index contributed by atoms with van der Waals surface area (Å²) in [4.78, 5) is 2.53. The number of ether oxygens (including phenoxy) is 2. The predicted octanol–water partition coefficient (Wildman–Crippen LogP) is 9.20. The van der Waals surface area contributed by atoms with E-state index in [4.69, 9.17) is 9.47 Å². The van der Waals surface area contributed by atoms with Crippen molar-refractivity contribution < 1.29 is 9.47 Å². The second-order valence-corrected chi connectivity index (χ2v) is 13.5. The molecule has 2 aliphatic heterocycles. The highest BCUT2D eigenvalue weighted by atomic mass is 16.5. The summed E-state index contributed by atoms with van der Waals surface area (Å²) in [6, 6.07) is 32.4. The quantitative estimate of drug-likeness (QED) is 0.182. The number of nitrogens with zero attached hydrogens (tertiary/aromatic N) is 3. The van der Waals surface area contributed by atoms with Gasteiger partial charge < -0.3 is 18.9 Å². The van der Waals surface area contributed by atoms with E-state index in [1.807, 2.05) is 12.1 Å². The van der Waals surface area contributed by atoms with Crippen molar-refractivity contribution in [2.24, 2.45) is 0 Å². The van der Waals surface area contributed by atoms with E-state index in [9.17, 15) is 5.26 Å². The second-order valence-electron chi connectivity index (χ2n) is 13.5. The van der Waals surface area contributed by atoms with Crippen molar-refractivity contribution in [3.63, 3.8) is 0 Å². The molecule has 4 aromatic carbocycles. The minimum atomic E-state index is -0.0443. The summed E-state index contributed by atoms with van der Waals surface area (Å²) >= 11 is 0. The van der Waals surface area contributed by atoms with Crippen LogP contribution in [0.4, 0.5) is 0 Å². The molecule has 1 saturated heterocycles. The first-order valence-corrected chi connectivity index (χ1v) is 17.0.